The number of hydrogen-bond donors (Lipinski definition) is 0. The number of fused-ring (bicyclic) bond motifs is 13. The van der Waals surface area contributed by atoms with Crippen LogP contribution in [0.25, 0.3) is 195 Å². The second kappa shape index (κ2) is 23.5. The minimum Gasteiger partial charge on any atom is -0.309 e. The zero-order valence-electron chi connectivity index (χ0n) is 55.7. The highest BCUT2D eigenvalue weighted by atomic mass is 15.1. The third-order valence-electron chi connectivity index (χ3n) is 20.6. The molecule has 102 heavy (non-hydrogen) atoms. The summed E-state index contributed by atoms with van der Waals surface area (Å²) in [5, 5.41) is 10.6. The van der Waals surface area contributed by atoms with Crippen molar-refractivity contribution in [1.82, 2.24) is 37.8 Å². The Morgan fingerprint density at radius 3 is 1.25 bits per heavy atom. The van der Waals surface area contributed by atoms with Gasteiger partial charge in [0.05, 0.1) is 66.7 Å². The molecule has 0 aliphatic carbocycles. The van der Waals surface area contributed by atoms with Gasteiger partial charge in [0.15, 0.2) is 17.5 Å². The van der Waals surface area contributed by atoms with Gasteiger partial charge in [0.1, 0.15) is 0 Å². The Morgan fingerprint density at radius 2 is 0.657 bits per heavy atom. The van der Waals surface area contributed by atoms with Gasteiger partial charge in [-0.15, -0.1) is 0 Å². The van der Waals surface area contributed by atoms with Crippen LogP contribution in [0.5, 0.6) is 0 Å². The molecule has 0 bridgehead atoms. The van der Waals surface area contributed by atoms with E-state index in [1.807, 2.05) is 24.3 Å². The van der Waals surface area contributed by atoms with Crippen LogP contribution in [0.1, 0.15) is 18.2 Å². The van der Waals surface area contributed by atoms with Gasteiger partial charge in [-0.2, -0.15) is 0 Å². The average molecular weight is 1300 g/mol. The summed E-state index contributed by atoms with van der Waals surface area (Å²) < 4.78 is 12.0. The Kier molecular flexibility index (Phi) is 13.5. The van der Waals surface area contributed by atoms with Gasteiger partial charge in [-0.1, -0.05) is 219 Å². The van der Waals surface area contributed by atoms with E-state index in [0.717, 1.165) is 133 Å². The highest BCUT2D eigenvalue weighted by molar-refractivity contribution is 6.19. The topological polar surface area (TPSA) is 63.3 Å². The fourth-order valence-electron chi connectivity index (χ4n) is 16.2. The number of aromatic nitrogens is 8. The lowest BCUT2D eigenvalue weighted by atomic mass is 9.97. The van der Waals surface area contributed by atoms with Crippen LogP contribution in [0, 0.1) is 0 Å². The molecule has 20 rings (SSSR count). The summed E-state index contributed by atoms with van der Waals surface area (Å²) in [5.41, 5.74) is 24.4. The Bertz CT molecular complexity index is 6780. The third-order valence-corrected chi connectivity index (χ3v) is 20.6. The standard InChI is InChI=1S/C94H62N8/c1-3-26-70-71-35-16-22-44-83(71)101(79(70)4-2)90-59-65(94-96-92(60-27-8-5-9-28-60)95-93(97-94)64-29-24-34-68(55-64)100-80-41-19-14-36-72(80)73-37-15-20-42-81(73)100)50-54-88(90)102-86-52-48-62(61-47-51-85-76(56-61)74-38-17-21-43-82(74)98(85)66-30-10-6-11-31-66)57-77(86)78-58-63(49-53-87(78)102)69-40-25-46-89-91(69)75-39-18-23-45-84(75)99(89)67-32-12-7-13-33-67/h3-59H,2H2,1H3/b26-3-. The maximum atomic E-state index is 5.52. The lowest BCUT2D eigenvalue weighted by molar-refractivity contribution is 1.04. The van der Waals surface area contributed by atoms with Crippen LogP contribution in [0.4, 0.5) is 0 Å². The normalized spacial score (nSPS) is 12.0. The molecule has 0 spiro atoms. The number of hydrogen-bond acceptors (Lipinski definition) is 3. The third kappa shape index (κ3) is 9.13. The van der Waals surface area contributed by atoms with E-state index >= 15 is 0 Å². The SMILES string of the molecule is C=Cc1c(/C=C\C)c2ccccc2n1-c1cc(-c2nc(-c3ccccc3)nc(-c3cccc(-n4c5ccccc5c5ccccc54)c3)n2)ccc1-n1c2ccc(-c3ccc4c(c3)c3ccccc3n4-c3ccccc3)cc2c2cc(-c3cccc4c3c3ccccc3n4-c3ccccc3)ccc21. The summed E-state index contributed by atoms with van der Waals surface area (Å²) >= 11 is 0. The molecule has 8 heteroatoms. The van der Waals surface area contributed by atoms with Gasteiger partial charge in [0.2, 0.25) is 0 Å². The first-order valence-electron chi connectivity index (χ1n) is 34.7. The number of rotatable bonds is 12. The lowest BCUT2D eigenvalue weighted by Gasteiger charge is -2.19. The Hall–Kier alpha value is -13.7. The molecule has 14 aromatic carbocycles. The monoisotopic (exact) mass is 1300 g/mol. The van der Waals surface area contributed by atoms with Crippen molar-refractivity contribution in [3.63, 3.8) is 0 Å². The van der Waals surface area contributed by atoms with Gasteiger partial charge in [0.25, 0.3) is 0 Å². The number of nitrogens with zero attached hydrogens (tertiary/aromatic N) is 8. The van der Waals surface area contributed by atoms with Gasteiger partial charge in [-0.05, 0) is 163 Å². The molecule has 0 aliphatic heterocycles. The van der Waals surface area contributed by atoms with E-state index < -0.39 is 0 Å². The van der Waals surface area contributed by atoms with Crippen LogP contribution in [-0.2, 0) is 0 Å². The van der Waals surface area contributed by atoms with E-state index in [-0.39, 0.29) is 0 Å². The summed E-state index contributed by atoms with van der Waals surface area (Å²) in [5.74, 6) is 1.69. The summed E-state index contributed by atoms with van der Waals surface area (Å²) in [6.07, 6.45) is 6.32. The van der Waals surface area contributed by atoms with Crippen molar-refractivity contribution in [3.05, 3.63) is 351 Å². The fraction of sp³-hybridized carbons (Fsp3) is 0.0106. The molecule has 0 radical (unpaired) electrons. The maximum Gasteiger partial charge on any atom is 0.164 e. The predicted octanol–water partition coefficient (Wildman–Crippen LogP) is 24.2. The van der Waals surface area contributed by atoms with Gasteiger partial charge >= 0.3 is 0 Å². The van der Waals surface area contributed by atoms with Crippen LogP contribution in [0.2, 0.25) is 0 Å². The molecule has 0 saturated carbocycles. The minimum absolute atomic E-state index is 0.544. The summed E-state index contributed by atoms with van der Waals surface area (Å²) in [4.78, 5) is 16.3. The van der Waals surface area contributed by atoms with Crippen molar-refractivity contribution in [3.8, 4) is 84.9 Å². The van der Waals surface area contributed by atoms with Crippen LogP contribution in [0.3, 0.4) is 0 Å². The van der Waals surface area contributed by atoms with Gasteiger partial charge in [-0.3, -0.25) is 0 Å². The minimum atomic E-state index is 0.544. The molecule has 6 aromatic heterocycles. The van der Waals surface area contributed by atoms with Crippen LogP contribution in [0.15, 0.2) is 340 Å². The second-order valence-electron chi connectivity index (χ2n) is 26.3. The summed E-state index contributed by atoms with van der Waals surface area (Å²) in [6, 6.07) is 118. The van der Waals surface area contributed by atoms with E-state index in [9.17, 15) is 0 Å². The number of para-hydroxylation sites is 7. The lowest BCUT2D eigenvalue weighted by Crippen LogP contribution is -2.06. The number of benzene rings is 14. The number of allylic oxidation sites excluding steroid dienone is 1. The average Bonchev–Trinajstić information content (AvgIpc) is 1.58. The largest absolute Gasteiger partial charge is 0.309 e. The molecule has 0 aliphatic rings. The van der Waals surface area contributed by atoms with E-state index in [1.54, 1.807) is 0 Å². The smallest absolute Gasteiger partial charge is 0.164 e. The molecule has 8 nitrogen and oxygen atoms in total. The van der Waals surface area contributed by atoms with Gasteiger partial charge < -0.3 is 22.8 Å². The van der Waals surface area contributed by atoms with Crippen molar-refractivity contribution in [2.45, 2.75) is 6.92 Å². The molecule has 20 aromatic rings. The molecule has 0 fully saturated rings. The highest BCUT2D eigenvalue weighted by Gasteiger charge is 2.26. The molecule has 0 N–H and O–H groups in total. The zero-order chi connectivity index (χ0) is 67.5. The Morgan fingerprint density at radius 1 is 0.265 bits per heavy atom. The van der Waals surface area contributed by atoms with Crippen LogP contribution >= 0.6 is 0 Å². The zero-order valence-corrected chi connectivity index (χ0v) is 55.7. The van der Waals surface area contributed by atoms with E-state index in [0.29, 0.717) is 17.5 Å². The van der Waals surface area contributed by atoms with Crippen molar-refractivity contribution in [1.29, 1.82) is 0 Å². The molecule has 0 unspecified atom stereocenters. The van der Waals surface area contributed by atoms with Crippen molar-refractivity contribution in [2.75, 3.05) is 0 Å². The summed E-state index contributed by atoms with van der Waals surface area (Å²) in [7, 11) is 0. The molecule has 6 heterocycles. The summed E-state index contributed by atoms with van der Waals surface area (Å²) in [6.45, 7) is 6.65. The highest BCUT2D eigenvalue weighted by Crippen LogP contribution is 2.46. The fourth-order valence-corrected chi connectivity index (χ4v) is 16.2. The molecule has 0 atom stereocenters. The van der Waals surface area contributed by atoms with Crippen molar-refractivity contribution in [2.24, 2.45) is 0 Å². The first-order valence-corrected chi connectivity index (χ1v) is 34.7. The predicted molar refractivity (Wildman–Crippen MR) is 426 cm³/mol. The van der Waals surface area contributed by atoms with Crippen molar-refractivity contribution < 1.29 is 0 Å². The Balaban J connectivity index is 0.834. The first kappa shape index (κ1) is 58.5. The first-order chi connectivity index (χ1) is 50.5. The molecular weight excluding hydrogens is 1240 g/mol. The van der Waals surface area contributed by atoms with E-state index in [2.05, 4.69) is 358 Å². The van der Waals surface area contributed by atoms with Gasteiger partial charge in [-0.25, -0.2) is 15.0 Å². The van der Waals surface area contributed by atoms with Crippen LogP contribution in [-0.4, -0.2) is 37.8 Å². The Labute approximate surface area is 587 Å². The quantitative estimate of drug-likeness (QED) is 0.122. The van der Waals surface area contributed by atoms with E-state index in [4.69, 9.17) is 15.0 Å². The molecule has 0 amide bonds. The molecular formula is C94H62N8. The maximum absolute atomic E-state index is 5.52. The molecule has 478 valence electrons. The van der Waals surface area contributed by atoms with Gasteiger partial charge in [0, 0.05) is 87.8 Å². The van der Waals surface area contributed by atoms with Crippen LogP contribution < -0.4 is 0 Å². The molecule has 0 saturated heterocycles. The van der Waals surface area contributed by atoms with E-state index in [1.165, 1.54) is 43.4 Å². The van der Waals surface area contributed by atoms with Crippen molar-refractivity contribution >= 4 is 110 Å². The second-order valence-corrected chi connectivity index (χ2v) is 26.3.